The maximum atomic E-state index is 5.54. The third-order valence-electron chi connectivity index (χ3n) is 3.19. The first-order chi connectivity index (χ1) is 7.33. The lowest BCUT2D eigenvalue weighted by Crippen LogP contribution is -2.24. The van der Waals surface area contributed by atoms with Crippen LogP contribution < -0.4 is 0 Å². The van der Waals surface area contributed by atoms with Gasteiger partial charge in [-0.2, -0.15) is 0 Å². The molecular formula is C13H16O2. The topological polar surface area (TPSA) is 26.3 Å². The van der Waals surface area contributed by atoms with E-state index in [9.17, 15) is 0 Å². The molecule has 2 heterocycles. The maximum absolute atomic E-state index is 5.54. The molecule has 0 aliphatic carbocycles. The second-order valence-electron chi connectivity index (χ2n) is 3.74. The molecule has 15 heavy (non-hydrogen) atoms. The zero-order valence-corrected chi connectivity index (χ0v) is 9.19. The Hall–Kier alpha value is -1.44. The average molecular weight is 204 g/mol. The highest BCUT2D eigenvalue weighted by Crippen LogP contribution is 2.39. The molecule has 2 aromatic heterocycles. The summed E-state index contributed by atoms with van der Waals surface area (Å²) in [6, 6.07) is 7.90. The van der Waals surface area contributed by atoms with Crippen molar-refractivity contribution in [3.05, 3.63) is 48.3 Å². The first-order valence-corrected chi connectivity index (χ1v) is 5.41. The van der Waals surface area contributed by atoms with Crippen LogP contribution in [0.3, 0.4) is 0 Å². The summed E-state index contributed by atoms with van der Waals surface area (Å²) in [6.07, 6.45) is 5.39. The summed E-state index contributed by atoms with van der Waals surface area (Å²) in [5.41, 5.74) is -0.104. The van der Waals surface area contributed by atoms with Crippen LogP contribution in [0.15, 0.2) is 45.6 Å². The lowest BCUT2D eigenvalue weighted by molar-refractivity contribution is 0.307. The van der Waals surface area contributed by atoms with Crippen LogP contribution in [0.1, 0.15) is 38.2 Å². The fraction of sp³-hybridized carbons (Fsp3) is 0.385. The van der Waals surface area contributed by atoms with Gasteiger partial charge in [0.1, 0.15) is 11.5 Å². The van der Waals surface area contributed by atoms with Crippen LogP contribution in [0.4, 0.5) is 0 Å². The van der Waals surface area contributed by atoms with E-state index in [1.807, 2.05) is 24.3 Å². The highest BCUT2D eigenvalue weighted by atomic mass is 16.3. The standard InChI is InChI=1S/C13H16O2/c1-3-13(4-2,11-7-5-9-14-11)12-8-6-10-15-12/h5-10H,3-4H2,1-2H3. The molecule has 0 spiro atoms. The zero-order valence-electron chi connectivity index (χ0n) is 9.19. The summed E-state index contributed by atoms with van der Waals surface area (Å²) in [7, 11) is 0. The van der Waals surface area contributed by atoms with E-state index in [4.69, 9.17) is 8.83 Å². The first kappa shape index (κ1) is 10.1. The molecule has 0 saturated heterocycles. The fourth-order valence-corrected chi connectivity index (χ4v) is 2.17. The van der Waals surface area contributed by atoms with Crippen LogP contribution in [0.25, 0.3) is 0 Å². The van der Waals surface area contributed by atoms with Crippen molar-refractivity contribution in [1.29, 1.82) is 0 Å². The molecule has 2 heteroatoms. The van der Waals surface area contributed by atoms with Crippen LogP contribution in [0, 0.1) is 0 Å². The van der Waals surface area contributed by atoms with E-state index in [2.05, 4.69) is 13.8 Å². The van der Waals surface area contributed by atoms with Crippen molar-refractivity contribution in [2.45, 2.75) is 32.1 Å². The Labute approximate surface area is 89.9 Å². The van der Waals surface area contributed by atoms with E-state index in [0.717, 1.165) is 24.4 Å². The largest absolute Gasteiger partial charge is 0.468 e. The van der Waals surface area contributed by atoms with Crippen LogP contribution in [-0.2, 0) is 5.41 Å². The van der Waals surface area contributed by atoms with E-state index in [1.54, 1.807) is 12.5 Å². The van der Waals surface area contributed by atoms with Gasteiger partial charge in [0, 0.05) is 0 Å². The molecule has 80 valence electrons. The van der Waals surface area contributed by atoms with Gasteiger partial charge in [-0.3, -0.25) is 0 Å². The van der Waals surface area contributed by atoms with Gasteiger partial charge in [0.25, 0.3) is 0 Å². The predicted octanol–water partition coefficient (Wildman–Crippen LogP) is 3.98. The minimum absolute atomic E-state index is 0.104. The monoisotopic (exact) mass is 204 g/mol. The van der Waals surface area contributed by atoms with Gasteiger partial charge in [-0.05, 0) is 37.1 Å². The number of hydrogen-bond donors (Lipinski definition) is 0. The normalized spacial score (nSPS) is 11.9. The number of hydrogen-bond acceptors (Lipinski definition) is 2. The molecule has 2 rings (SSSR count). The number of furan rings is 2. The molecule has 2 nitrogen and oxygen atoms in total. The summed E-state index contributed by atoms with van der Waals surface area (Å²) in [5, 5.41) is 0. The Balaban J connectivity index is 2.50. The smallest absolute Gasteiger partial charge is 0.117 e. The van der Waals surface area contributed by atoms with Crippen molar-refractivity contribution >= 4 is 0 Å². The van der Waals surface area contributed by atoms with E-state index in [1.165, 1.54) is 0 Å². The Morgan fingerprint density at radius 2 is 1.40 bits per heavy atom. The van der Waals surface area contributed by atoms with Gasteiger partial charge in [-0.15, -0.1) is 0 Å². The Morgan fingerprint density at radius 1 is 0.933 bits per heavy atom. The lowest BCUT2D eigenvalue weighted by atomic mass is 9.78. The van der Waals surface area contributed by atoms with Crippen molar-refractivity contribution in [2.24, 2.45) is 0 Å². The van der Waals surface area contributed by atoms with Gasteiger partial charge in [0.2, 0.25) is 0 Å². The van der Waals surface area contributed by atoms with E-state index < -0.39 is 0 Å². The molecule has 0 fully saturated rings. The summed E-state index contributed by atoms with van der Waals surface area (Å²) < 4.78 is 11.1. The molecule has 2 aromatic rings. The Bertz CT molecular complexity index is 344. The molecule has 0 saturated carbocycles. The summed E-state index contributed by atoms with van der Waals surface area (Å²) in [5.74, 6) is 1.98. The molecule has 0 bridgehead atoms. The molecule has 0 radical (unpaired) electrons. The predicted molar refractivity (Wildman–Crippen MR) is 58.8 cm³/mol. The third kappa shape index (κ3) is 1.50. The first-order valence-electron chi connectivity index (χ1n) is 5.41. The van der Waals surface area contributed by atoms with Crippen LogP contribution >= 0.6 is 0 Å². The summed E-state index contributed by atoms with van der Waals surface area (Å²) in [4.78, 5) is 0. The molecule has 0 aliphatic heterocycles. The van der Waals surface area contributed by atoms with Crippen LogP contribution in [0.5, 0.6) is 0 Å². The zero-order chi connectivity index (χ0) is 10.7. The summed E-state index contributed by atoms with van der Waals surface area (Å²) in [6.45, 7) is 4.32. The van der Waals surface area contributed by atoms with E-state index in [-0.39, 0.29) is 5.41 Å². The Morgan fingerprint density at radius 3 is 1.67 bits per heavy atom. The van der Waals surface area contributed by atoms with Gasteiger partial charge >= 0.3 is 0 Å². The highest BCUT2D eigenvalue weighted by molar-refractivity contribution is 5.27. The molecule has 0 aromatic carbocycles. The van der Waals surface area contributed by atoms with Crippen molar-refractivity contribution in [3.63, 3.8) is 0 Å². The molecule has 0 aliphatic rings. The van der Waals surface area contributed by atoms with Crippen molar-refractivity contribution in [1.82, 2.24) is 0 Å². The van der Waals surface area contributed by atoms with Gasteiger partial charge in [-0.25, -0.2) is 0 Å². The molecule has 0 unspecified atom stereocenters. The van der Waals surface area contributed by atoms with Crippen LogP contribution in [-0.4, -0.2) is 0 Å². The molecule has 0 atom stereocenters. The van der Waals surface area contributed by atoms with Gasteiger partial charge in [0.05, 0.1) is 17.9 Å². The van der Waals surface area contributed by atoms with Gasteiger partial charge in [-0.1, -0.05) is 13.8 Å². The molecule has 0 amide bonds. The summed E-state index contributed by atoms with van der Waals surface area (Å²) >= 11 is 0. The third-order valence-corrected chi connectivity index (χ3v) is 3.19. The van der Waals surface area contributed by atoms with E-state index in [0.29, 0.717) is 0 Å². The lowest BCUT2D eigenvalue weighted by Gasteiger charge is -2.26. The average Bonchev–Trinajstić information content (AvgIpc) is 2.92. The second-order valence-corrected chi connectivity index (χ2v) is 3.74. The SMILES string of the molecule is CCC(CC)(c1ccco1)c1ccco1. The minimum atomic E-state index is -0.104. The van der Waals surface area contributed by atoms with E-state index >= 15 is 0 Å². The second kappa shape index (κ2) is 3.97. The fourth-order valence-electron chi connectivity index (χ4n) is 2.17. The van der Waals surface area contributed by atoms with Crippen molar-refractivity contribution in [2.75, 3.05) is 0 Å². The van der Waals surface area contributed by atoms with Crippen molar-refractivity contribution < 1.29 is 8.83 Å². The van der Waals surface area contributed by atoms with Crippen molar-refractivity contribution in [3.8, 4) is 0 Å². The minimum Gasteiger partial charge on any atom is -0.468 e. The molecule has 0 N–H and O–H groups in total. The maximum Gasteiger partial charge on any atom is 0.117 e. The van der Waals surface area contributed by atoms with Gasteiger partial charge in [0.15, 0.2) is 0 Å². The highest BCUT2D eigenvalue weighted by Gasteiger charge is 2.35. The molecular weight excluding hydrogens is 188 g/mol. The quantitative estimate of drug-likeness (QED) is 0.753. The Kier molecular flexibility index (Phi) is 2.67. The van der Waals surface area contributed by atoms with Crippen LogP contribution in [0.2, 0.25) is 0 Å². The van der Waals surface area contributed by atoms with Gasteiger partial charge < -0.3 is 8.83 Å². The number of rotatable bonds is 4.